The molecule has 3 heteroatoms. The number of aromatic nitrogens is 2. The molecule has 1 aliphatic rings. The minimum Gasteiger partial charge on any atom is -0.328 e. The number of nitrogens with zero attached hydrogens (tertiary/aromatic N) is 1. The molecule has 5 rings (SSSR count). The van der Waals surface area contributed by atoms with Gasteiger partial charge in [0.15, 0.2) is 0 Å². The third kappa shape index (κ3) is 2.85. The zero-order chi connectivity index (χ0) is 18.2. The van der Waals surface area contributed by atoms with Gasteiger partial charge in [0, 0.05) is 17.3 Å². The largest absolute Gasteiger partial charge is 0.328 e. The highest BCUT2D eigenvalue weighted by Crippen LogP contribution is 2.38. The Hall–Kier alpha value is -3.20. The van der Waals surface area contributed by atoms with Gasteiger partial charge in [-0.1, -0.05) is 61.0 Å². The van der Waals surface area contributed by atoms with Gasteiger partial charge in [-0.25, -0.2) is 4.98 Å². The molecule has 0 amide bonds. The Morgan fingerprint density at radius 2 is 1.67 bits per heavy atom. The smallest absolute Gasteiger partial charge is 0.257 e. The first-order valence-electron chi connectivity index (χ1n) is 9.48. The lowest BCUT2D eigenvalue weighted by atomic mass is 9.80. The fraction of sp³-hybridized carbons (Fsp3) is 0.167. The highest BCUT2D eigenvalue weighted by Gasteiger charge is 2.19. The monoisotopic (exact) mass is 352 g/mol. The lowest BCUT2D eigenvalue weighted by Crippen LogP contribution is -2.08. The average molecular weight is 352 g/mol. The molecule has 3 nitrogen and oxygen atoms in total. The first kappa shape index (κ1) is 16.0. The predicted molar refractivity (Wildman–Crippen MR) is 110 cm³/mol. The normalized spacial score (nSPS) is 14.2. The number of H-pyrrole nitrogens is 1. The van der Waals surface area contributed by atoms with Crippen LogP contribution in [-0.4, -0.2) is 9.97 Å². The number of nitrogens with one attached hydrogen (secondary N) is 1. The number of benzene rings is 2. The molecule has 1 N–H and O–H groups in total. The van der Waals surface area contributed by atoms with Crippen LogP contribution in [0.3, 0.4) is 0 Å². The van der Waals surface area contributed by atoms with Crippen molar-refractivity contribution >= 4 is 10.9 Å². The molecule has 0 radical (unpaired) electrons. The molecule has 4 aromatic rings. The molecule has 0 bridgehead atoms. The SMILES string of the molecule is O=c1[nH]ccc2nc(-c3ccc(C4CCC4)cc3)c(-c3ccccc3)cc12. The van der Waals surface area contributed by atoms with Gasteiger partial charge in [-0.15, -0.1) is 0 Å². The van der Waals surface area contributed by atoms with E-state index in [2.05, 4.69) is 41.4 Å². The molecule has 0 spiro atoms. The van der Waals surface area contributed by atoms with Crippen LogP contribution in [0.4, 0.5) is 0 Å². The summed E-state index contributed by atoms with van der Waals surface area (Å²) in [7, 11) is 0. The van der Waals surface area contributed by atoms with E-state index in [0.717, 1.165) is 33.8 Å². The van der Waals surface area contributed by atoms with Gasteiger partial charge in [0.05, 0.1) is 16.6 Å². The zero-order valence-electron chi connectivity index (χ0n) is 15.0. The van der Waals surface area contributed by atoms with Crippen LogP contribution in [-0.2, 0) is 0 Å². The second-order valence-electron chi connectivity index (χ2n) is 7.24. The molecule has 0 unspecified atom stereocenters. The Kier molecular flexibility index (Phi) is 3.86. The lowest BCUT2D eigenvalue weighted by molar-refractivity contribution is 0.420. The van der Waals surface area contributed by atoms with E-state index in [1.807, 2.05) is 30.3 Å². The highest BCUT2D eigenvalue weighted by atomic mass is 16.1. The Morgan fingerprint density at radius 1 is 0.889 bits per heavy atom. The summed E-state index contributed by atoms with van der Waals surface area (Å²) in [6.07, 6.45) is 5.59. The van der Waals surface area contributed by atoms with Crippen molar-refractivity contribution in [1.29, 1.82) is 0 Å². The predicted octanol–water partition coefficient (Wildman–Crippen LogP) is 5.52. The highest BCUT2D eigenvalue weighted by molar-refractivity contribution is 5.91. The van der Waals surface area contributed by atoms with Crippen LogP contribution in [0.1, 0.15) is 30.7 Å². The Balaban J connectivity index is 1.71. The van der Waals surface area contributed by atoms with Crippen LogP contribution in [0.2, 0.25) is 0 Å². The maximum absolute atomic E-state index is 12.3. The van der Waals surface area contributed by atoms with E-state index < -0.39 is 0 Å². The van der Waals surface area contributed by atoms with E-state index in [9.17, 15) is 4.79 Å². The van der Waals surface area contributed by atoms with E-state index in [0.29, 0.717) is 5.39 Å². The van der Waals surface area contributed by atoms with E-state index in [1.54, 1.807) is 6.20 Å². The summed E-state index contributed by atoms with van der Waals surface area (Å²) in [4.78, 5) is 19.9. The Bertz CT molecular complexity index is 1160. The van der Waals surface area contributed by atoms with Gasteiger partial charge in [0.25, 0.3) is 5.56 Å². The molecule has 0 aliphatic heterocycles. The Labute approximate surface area is 157 Å². The summed E-state index contributed by atoms with van der Waals surface area (Å²) in [5.74, 6) is 0.718. The molecule has 1 aliphatic carbocycles. The average Bonchev–Trinajstić information content (AvgIpc) is 2.67. The van der Waals surface area contributed by atoms with Crippen molar-refractivity contribution in [3.05, 3.63) is 88.8 Å². The van der Waals surface area contributed by atoms with Crippen LogP contribution in [0.15, 0.2) is 77.7 Å². The zero-order valence-corrected chi connectivity index (χ0v) is 15.0. The molecule has 1 saturated carbocycles. The lowest BCUT2D eigenvalue weighted by Gasteiger charge is -2.25. The number of aromatic amines is 1. The van der Waals surface area contributed by atoms with Crippen molar-refractivity contribution in [1.82, 2.24) is 9.97 Å². The molecule has 2 heterocycles. The molecule has 0 saturated heterocycles. The van der Waals surface area contributed by atoms with Crippen LogP contribution >= 0.6 is 0 Å². The quantitative estimate of drug-likeness (QED) is 0.527. The summed E-state index contributed by atoms with van der Waals surface area (Å²) < 4.78 is 0. The van der Waals surface area contributed by atoms with Gasteiger partial charge >= 0.3 is 0 Å². The number of rotatable bonds is 3. The molecular weight excluding hydrogens is 332 g/mol. The van der Waals surface area contributed by atoms with E-state index in [-0.39, 0.29) is 5.56 Å². The van der Waals surface area contributed by atoms with E-state index in [1.165, 1.54) is 24.8 Å². The second-order valence-corrected chi connectivity index (χ2v) is 7.24. The fourth-order valence-corrected chi connectivity index (χ4v) is 3.82. The van der Waals surface area contributed by atoms with E-state index >= 15 is 0 Å². The summed E-state index contributed by atoms with van der Waals surface area (Å²) in [5, 5.41) is 0.617. The number of pyridine rings is 2. The van der Waals surface area contributed by atoms with Gasteiger partial charge in [-0.3, -0.25) is 4.79 Å². The van der Waals surface area contributed by atoms with Gasteiger partial charge in [0.2, 0.25) is 0 Å². The molecule has 2 aromatic carbocycles. The molecule has 27 heavy (non-hydrogen) atoms. The standard InChI is InChI=1S/C24H20N2O/c27-24-21-15-20(18-5-2-1-3-6-18)23(26-22(21)13-14-25-24)19-11-9-17(10-12-19)16-7-4-8-16/h1-3,5-6,9-16H,4,7-8H2,(H,25,27). The summed E-state index contributed by atoms with van der Waals surface area (Å²) in [5.41, 5.74) is 6.08. The van der Waals surface area contributed by atoms with Gasteiger partial charge in [0.1, 0.15) is 0 Å². The van der Waals surface area contributed by atoms with Gasteiger partial charge < -0.3 is 4.98 Å². The Morgan fingerprint density at radius 3 is 2.37 bits per heavy atom. The number of hydrogen-bond donors (Lipinski definition) is 1. The number of fused-ring (bicyclic) bond motifs is 1. The van der Waals surface area contributed by atoms with Crippen molar-refractivity contribution in [2.24, 2.45) is 0 Å². The first-order valence-corrected chi connectivity index (χ1v) is 9.48. The number of hydrogen-bond acceptors (Lipinski definition) is 2. The second kappa shape index (κ2) is 6.51. The maximum Gasteiger partial charge on any atom is 0.257 e. The van der Waals surface area contributed by atoms with E-state index in [4.69, 9.17) is 4.98 Å². The molecule has 1 fully saturated rings. The first-order chi connectivity index (χ1) is 13.3. The van der Waals surface area contributed by atoms with Crippen molar-refractivity contribution in [2.45, 2.75) is 25.2 Å². The topological polar surface area (TPSA) is 45.8 Å². The van der Waals surface area contributed by atoms with Crippen molar-refractivity contribution in [3.63, 3.8) is 0 Å². The molecule has 0 atom stereocenters. The maximum atomic E-state index is 12.3. The molecular formula is C24H20N2O. The van der Waals surface area contributed by atoms with Crippen LogP contribution < -0.4 is 5.56 Å². The van der Waals surface area contributed by atoms with Gasteiger partial charge in [-0.05, 0) is 42.0 Å². The summed E-state index contributed by atoms with van der Waals surface area (Å²) in [6.45, 7) is 0. The third-order valence-electron chi connectivity index (χ3n) is 5.60. The van der Waals surface area contributed by atoms with Crippen LogP contribution in [0.25, 0.3) is 33.3 Å². The van der Waals surface area contributed by atoms with Gasteiger partial charge in [-0.2, -0.15) is 0 Å². The minimum absolute atomic E-state index is 0.107. The summed E-state index contributed by atoms with van der Waals surface area (Å²) >= 11 is 0. The molecule has 132 valence electrons. The van der Waals surface area contributed by atoms with Crippen LogP contribution in [0, 0.1) is 0 Å². The summed E-state index contributed by atoms with van der Waals surface area (Å²) in [6, 6.07) is 22.8. The third-order valence-corrected chi connectivity index (χ3v) is 5.60. The van der Waals surface area contributed by atoms with Crippen molar-refractivity contribution in [2.75, 3.05) is 0 Å². The molecule has 2 aromatic heterocycles. The van der Waals surface area contributed by atoms with Crippen molar-refractivity contribution < 1.29 is 0 Å². The van der Waals surface area contributed by atoms with Crippen molar-refractivity contribution in [3.8, 4) is 22.4 Å². The van der Waals surface area contributed by atoms with Crippen LogP contribution in [0.5, 0.6) is 0 Å². The fourth-order valence-electron chi connectivity index (χ4n) is 3.82. The minimum atomic E-state index is -0.107.